The molecule has 108 valence electrons. The molecular weight excluding hydrogens is 373 g/mol. The Labute approximate surface area is 138 Å². The fraction of sp³-hybridized carbons (Fsp3) is 0.500. The molecule has 0 radical (unpaired) electrons. The number of halogens is 2. The van der Waals surface area contributed by atoms with Crippen LogP contribution in [-0.2, 0) is 6.42 Å². The predicted octanol–water partition coefficient (Wildman–Crippen LogP) is 3.46. The van der Waals surface area contributed by atoms with Gasteiger partial charge in [-0.15, -0.1) is 24.0 Å². The number of benzene rings is 1. The van der Waals surface area contributed by atoms with Crippen molar-refractivity contribution in [3.63, 3.8) is 0 Å². The second kappa shape index (κ2) is 10.3. The van der Waals surface area contributed by atoms with E-state index < -0.39 is 0 Å². The Bertz CT molecular complexity index is 377. The lowest BCUT2D eigenvalue weighted by Crippen LogP contribution is -2.41. The average molecular weight is 396 g/mol. The van der Waals surface area contributed by atoms with Crippen LogP contribution in [0, 0.1) is 0 Å². The second-order valence-electron chi connectivity index (χ2n) is 4.44. The SMILES string of the molecule is CCNC(=NCCc1ccc(Cl)cc1)NC(C)C.I. The first-order valence-electron chi connectivity index (χ1n) is 6.41. The molecule has 0 bridgehead atoms. The van der Waals surface area contributed by atoms with Crippen LogP contribution in [0.25, 0.3) is 0 Å². The molecule has 0 amide bonds. The van der Waals surface area contributed by atoms with Crippen LogP contribution < -0.4 is 10.6 Å². The van der Waals surface area contributed by atoms with Gasteiger partial charge in [-0.3, -0.25) is 4.99 Å². The number of nitrogens with zero attached hydrogens (tertiary/aromatic N) is 1. The third-order valence-corrected chi connectivity index (χ3v) is 2.61. The van der Waals surface area contributed by atoms with Crippen LogP contribution in [0.1, 0.15) is 26.3 Å². The zero-order valence-corrected chi connectivity index (χ0v) is 14.8. The highest BCUT2D eigenvalue weighted by atomic mass is 127. The highest BCUT2D eigenvalue weighted by Gasteiger charge is 1.99. The number of rotatable bonds is 5. The summed E-state index contributed by atoms with van der Waals surface area (Å²) in [5.74, 6) is 0.876. The Kier molecular flexibility index (Phi) is 10.0. The van der Waals surface area contributed by atoms with Gasteiger partial charge in [-0.05, 0) is 44.9 Å². The van der Waals surface area contributed by atoms with Gasteiger partial charge >= 0.3 is 0 Å². The Morgan fingerprint density at radius 3 is 2.42 bits per heavy atom. The lowest BCUT2D eigenvalue weighted by Gasteiger charge is -2.13. The van der Waals surface area contributed by atoms with E-state index in [1.54, 1.807) is 0 Å². The molecule has 19 heavy (non-hydrogen) atoms. The van der Waals surface area contributed by atoms with Gasteiger partial charge in [0.25, 0.3) is 0 Å². The van der Waals surface area contributed by atoms with Gasteiger partial charge in [0.2, 0.25) is 0 Å². The number of nitrogens with one attached hydrogen (secondary N) is 2. The minimum absolute atomic E-state index is 0. The first-order valence-corrected chi connectivity index (χ1v) is 6.79. The Balaban J connectivity index is 0.00000324. The van der Waals surface area contributed by atoms with E-state index in [-0.39, 0.29) is 24.0 Å². The highest BCUT2D eigenvalue weighted by molar-refractivity contribution is 14.0. The van der Waals surface area contributed by atoms with E-state index in [1.165, 1.54) is 5.56 Å². The summed E-state index contributed by atoms with van der Waals surface area (Å²) < 4.78 is 0. The Morgan fingerprint density at radius 2 is 1.89 bits per heavy atom. The highest BCUT2D eigenvalue weighted by Crippen LogP contribution is 2.09. The van der Waals surface area contributed by atoms with Gasteiger partial charge < -0.3 is 10.6 Å². The fourth-order valence-electron chi connectivity index (χ4n) is 1.54. The standard InChI is InChI=1S/C14H22ClN3.HI/c1-4-16-14(18-11(2)3)17-10-9-12-5-7-13(15)8-6-12;/h5-8,11H,4,9-10H2,1-3H3,(H2,16,17,18);1H. The summed E-state index contributed by atoms with van der Waals surface area (Å²) in [5, 5.41) is 7.30. The van der Waals surface area contributed by atoms with Gasteiger partial charge in [0.1, 0.15) is 0 Å². The van der Waals surface area contributed by atoms with Crippen LogP contribution in [0.15, 0.2) is 29.3 Å². The Morgan fingerprint density at radius 1 is 1.26 bits per heavy atom. The first kappa shape index (κ1) is 18.5. The predicted molar refractivity (Wildman–Crippen MR) is 94.8 cm³/mol. The molecule has 0 aliphatic rings. The summed E-state index contributed by atoms with van der Waals surface area (Å²) >= 11 is 5.85. The third-order valence-electron chi connectivity index (χ3n) is 2.35. The molecule has 3 nitrogen and oxygen atoms in total. The smallest absolute Gasteiger partial charge is 0.191 e. The van der Waals surface area contributed by atoms with Crippen LogP contribution in [0.2, 0.25) is 5.02 Å². The monoisotopic (exact) mass is 395 g/mol. The first-order chi connectivity index (χ1) is 8.61. The van der Waals surface area contributed by atoms with Gasteiger partial charge in [-0.25, -0.2) is 0 Å². The Hall–Kier alpha value is -0.490. The zero-order chi connectivity index (χ0) is 13.4. The molecule has 0 spiro atoms. The van der Waals surface area contributed by atoms with Crippen molar-refractivity contribution in [2.45, 2.75) is 33.2 Å². The molecule has 5 heteroatoms. The normalized spacial score (nSPS) is 11.1. The van der Waals surface area contributed by atoms with Crippen LogP contribution >= 0.6 is 35.6 Å². The van der Waals surface area contributed by atoms with E-state index in [0.717, 1.165) is 30.5 Å². The van der Waals surface area contributed by atoms with Crippen LogP contribution in [0.4, 0.5) is 0 Å². The maximum absolute atomic E-state index is 5.85. The second-order valence-corrected chi connectivity index (χ2v) is 4.87. The molecule has 1 aromatic carbocycles. The molecule has 1 rings (SSSR count). The summed E-state index contributed by atoms with van der Waals surface area (Å²) in [4.78, 5) is 4.53. The average Bonchev–Trinajstić information content (AvgIpc) is 2.31. The van der Waals surface area contributed by atoms with Crippen molar-refractivity contribution < 1.29 is 0 Å². The van der Waals surface area contributed by atoms with E-state index in [2.05, 4.69) is 36.4 Å². The van der Waals surface area contributed by atoms with Crippen LogP contribution in [0.5, 0.6) is 0 Å². The maximum atomic E-state index is 5.85. The quantitative estimate of drug-likeness (QED) is 0.455. The molecule has 0 unspecified atom stereocenters. The molecule has 0 aliphatic heterocycles. The van der Waals surface area contributed by atoms with Gasteiger partial charge in [0.05, 0.1) is 0 Å². The van der Waals surface area contributed by atoms with Crippen molar-refractivity contribution in [1.29, 1.82) is 0 Å². The lowest BCUT2D eigenvalue weighted by atomic mass is 10.1. The van der Waals surface area contributed by atoms with Crippen LogP contribution in [-0.4, -0.2) is 25.1 Å². The number of hydrogen-bond donors (Lipinski definition) is 2. The van der Waals surface area contributed by atoms with Crippen LogP contribution in [0.3, 0.4) is 0 Å². The zero-order valence-electron chi connectivity index (χ0n) is 11.7. The van der Waals surface area contributed by atoms with E-state index in [9.17, 15) is 0 Å². The number of aliphatic imine (C=N–C) groups is 1. The largest absolute Gasteiger partial charge is 0.357 e. The molecule has 0 saturated carbocycles. The van der Waals surface area contributed by atoms with Crippen molar-refractivity contribution in [3.05, 3.63) is 34.9 Å². The van der Waals surface area contributed by atoms with Crippen molar-refractivity contribution in [2.75, 3.05) is 13.1 Å². The van der Waals surface area contributed by atoms with Gasteiger partial charge in [0, 0.05) is 24.2 Å². The number of guanidine groups is 1. The minimum atomic E-state index is 0. The van der Waals surface area contributed by atoms with E-state index in [4.69, 9.17) is 11.6 Å². The van der Waals surface area contributed by atoms with Crippen molar-refractivity contribution in [2.24, 2.45) is 4.99 Å². The summed E-state index contributed by atoms with van der Waals surface area (Å²) in [6.45, 7) is 7.91. The summed E-state index contributed by atoms with van der Waals surface area (Å²) in [6, 6.07) is 8.30. The van der Waals surface area contributed by atoms with Crippen molar-refractivity contribution in [3.8, 4) is 0 Å². The molecule has 0 atom stereocenters. The number of hydrogen-bond acceptors (Lipinski definition) is 1. The van der Waals surface area contributed by atoms with Crippen molar-refractivity contribution in [1.82, 2.24) is 10.6 Å². The van der Waals surface area contributed by atoms with Gasteiger partial charge in [-0.1, -0.05) is 23.7 Å². The third kappa shape index (κ3) is 8.31. The lowest BCUT2D eigenvalue weighted by molar-refractivity contribution is 0.700. The van der Waals surface area contributed by atoms with E-state index >= 15 is 0 Å². The van der Waals surface area contributed by atoms with Crippen molar-refractivity contribution >= 4 is 41.5 Å². The molecule has 0 aromatic heterocycles. The van der Waals surface area contributed by atoms with E-state index in [1.807, 2.05) is 24.3 Å². The maximum Gasteiger partial charge on any atom is 0.191 e. The molecule has 0 fully saturated rings. The molecule has 0 saturated heterocycles. The summed E-state index contributed by atoms with van der Waals surface area (Å²) in [5.41, 5.74) is 1.25. The minimum Gasteiger partial charge on any atom is -0.357 e. The molecular formula is C14H23ClIN3. The van der Waals surface area contributed by atoms with Gasteiger partial charge in [0.15, 0.2) is 5.96 Å². The molecule has 0 heterocycles. The fourth-order valence-corrected chi connectivity index (χ4v) is 1.67. The summed E-state index contributed by atoms with van der Waals surface area (Å²) in [6.07, 6.45) is 0.922. The molecule has 1 aromatic rings. The summed E-state index contributed by atoms with van der Waals surface area (Å²) in [7, 11) is 0. The van der Waals surface area contributed by atoms with Gasteiger partial charge in [-0.2, -0.15) is 0 Å². The molecule has 2 N–H and O–H groups in total. The van der Waals surface area contributed by atoms with E-state index in [0.29, 0.717) is 6.04 Å². The topological polar surface area (TPSA) is 36.4 Å². The molecule has 0 aliphatic carbocycles.